The number of carbonyl (C=O) groups excluding carboxylic acids is 1. The maximum atomic E-state index is 12.0. The van der Waals surface area contributed by atoms with Crippen LogP contribution in [0.1, 0.15) is 58.4 Å². The van der Waals surface area contributed by atoms with Gasteiger partial charge in [0.1, 0.15) is 5.60 Å². The monoisotopic (exact) mass is 318 g/mol. The first-order valence-electron chi connectivity index (χ1n) is 8.63. The molecule has 3 atom stereocenters. The van der Waals surface area contributed by atoms with E-state index in [2.05, 4.69) is 41.8 Å². The number of benzene rings is 1. The summed E-state index contributed by atoms with van der Waals surface area (Å²) in [6.07, 6.45) is 2.93. The van der Waals surface area contributed by atoms with Crippen molar-refractivity contribution in [2.24, 2.45) is 0 Å². The van der Waals surface area contributed by atoms with Gasteiger partial charge in [-0.2, -0.15) is 0 Å². The quantitative estimate of drug-likeness (QED) is 0.867. The van der Waals surface area contributed by atoms with E-state index in [9.17, 15) is 4.79 Å². The lowest BCUT2D eigenvalue weighted by atomic mass is 10.0. The molecule has 1 aromatic rings. The van der Waals surface area contributed by atoms with Crippen LogP contribution in [0.25, 0.3) is 0 Å². The molecule has 2 N–H and O–H groups in total. The fourth-order valence-corrected chi connectivity index (χ4v) is 3.06. The van der Waals surface area contributed by atoms with Gasteiger partial charge in [-0.1, -0.05) is 37.3 Å². The zero-order valence-corrected chi connectivity index (χ0v) is 14.8. The van der Waals surface area contributed by atoms with Crippen LogP contribution >= 0.6 is 0 Å². The minimum absolute atomic E-state index is 0.160. The van der Waals surface area contributed by atoms with E-state index in [1.54, 1.807) is 0 Å². The largest absolute Gasteiger partial charge is 0.444 e. The van der Waals surface area contributed by atoms with Gasteiger partial charge in [0, 0.05) is 18.6 Å². The maximum Gasteiger partial charge on any atom is 0.407 e. The van der Waals surface area contributed by atoms with Crippen molar-refractivity contribution in [1.82, 2.24) is 10.6 Å². The average Bonchev–Trinajstić information content (AvgIpc) is 2.90. The molecule has 0 radical (unpaired) electrons. The van der Waals surface area contributed by atoms with E-state index in [-0.39, 0.29) is 12.1 Å². The van der Waals surface area contributed by atoms with Crippen LogP contribution in [0.15, 0.2) is 30.3 Å². The molecule has 1 saturated carbocycles. The highest BCUT2D eigenvalue weighted by atomic mass is 16.6. The molecule has 4 nitrogen and oxygen atoms in total. The van der Waals surface area contributed by atoms with Crippen LogP contribution < -0.4 is 10.6 Å². The molecular formula is C19H30N2O2. The number of alkyl carbamates (subject to hydrolysis) is 1. The average molecular weight is 318 g/mol. The van der Waals surface area contributed by atoms with Crippen molar-refractivity contribution in [2.75, 3.05) is 6.54 Å². The van der Waals surface area contributed by atoms with E-state index in [4.69, 9.17) is 4.74 Å². The molecule has 1 aliphatic rings. The van der Waals surface area contributed by atoms with Crippen molar-refractivity contribution in [3.63, 3.8) is 0 Å². The van der Waals surface area contributed by atoms with Crippen LogP contribution in [0.2, 0.25) is 0 Å². The fourth-order valence-electron chi connectivity index (χ4n) is 3.06. The topological polar surface area (TPSA) is 50.4 Å². The number of hydrogen-bond donors (Lipinski definition) is 2. The van der Waals surface area contributed by atoms with E-state index in [1.807, 2.05) is 26.8 Å². The lowest BCUT2D eigenvalue weighted by molar-refractivity contribution is 0.0498. The summed E-state index contributed by atoms with van der Waals surface area (Å²) in [6, 6.07) is 11.0. The second-order valence-corrected chi connectivity index (χ2v) is 7.51. The maximum absolute atomic E-state index is 12.0. The predicted molar refractivity (Wildman–Crippen MR) is 93.7 cm³/mol. The van der Waals surface area contributed by atoms with Crippen LogP contribution in [-0.4, -0.2) is 30.3 Å². The third-order valence-electron chi connectivity index (χ3n) is 4.27. The summed E-state index contributed by atoms with van der Waals surface area (Å²) in [5, 5.41) is 6.65. The highest BCUT2D eigenvalue weighted by molar-refractivity contribution is 5.68. The first-order chi connectivity index (χ1) is 10.8. The Labute approximate surface area is 140 Å². The molecule has 0 spiro atoms. The van der Waals surface area contributed by atoms with Crippen molar-refractivity contribution in [2.45, 2.75) is 70.6 Å². The summed E-state index contributed by atoms with van der Waals surface area (Å²) in [4.78, 5) is 12.0. The summed E-state index contributed by atoms with van der Waals surface area (Å²) in [7, 11) is 0. The van der Waals surface area contributed by atoms with E-state index in [1.165, 1.54) is 5.56 Å². The second-order valence-electron chi connectivity index (χ2n) is 7.51. The van der Waals surface area contributed by atoms with Crippen LogP contribution in [0.3, 0.4) is 0 Å². The normalized spacial score (nSPS) is 22.6. The van der Waals surface area contributed by atoms with Gasteiger partial charge in [0.2, 0.25) is 0 Å². The Morgan fingerprint density at radius 2 is 1.87 bits per heavy atom. The molecule has 0 bridgehead atoms. The van der Waals surface area contributed by atoms with Crippen LogP contribution in [0, 0.1) is 0 Å². The Balaban J connectivity index is 1.81. The molecule has 128 valence electrons. The summed E-state index contributed by atoms with van der Waals surface area (Å²) < 4.78 is 5.37. The molecule has 1 fully saturated rings. The summed E-state index contributed by atoms with van der Waals surface area (Å²) in [5.41, 5.74) is 0.891. The van der Waals surface area contributed by atoms with Crippen molar-refractivity contribution in [3.8, 4) is 0 Å². The summed E-state index contributed by atoms with van der Waals surface area (Å²) >= 11 is 0. The number of ether oxygens (including phenoxy) is 1. The van der Waals surface area contributed by atoms with Gasteiger partial charge in [0.15, 0.2) is 0 Å². The Morgan fingerprint density at radius 3 is 2.52 bits per heavy atom. The number of nitrogens with one attached hydrogen (secondary N) is 2. The van der Waals surface area contributed by atoms with Crippen molar-refractivity contribution >= 4 is 6.09 Å². The van der Waals surface area contributed by atoms with Gasteiger partial charge in [0.25, 0.3) is 0 Å². The van der Waals surface area contributed by atoms with E-state index >= 15 is 0 Å². The number of rotatable bonds is 5. The van der Waals surface area contributed by atoms with Gasteiger partial charge in [0.05, 0.1) is 0 Å². The van der Waals surface area contributed by atoms with Gasteiger partial charge in [-0.15, -0.1) is 0 Å². The molecule has 2 rings (SSSR count). The molecular weight excluding hydrogens is 288 g/mol. The third-order valence-corrected chi connectivity index (χ3v) is 4.27. The Morgan fingerprint density at radius 1 is 1.22 bits per heavy atom. The molecule has 1 aliphatic carbocycles. The Bertz CT molecular complexity index is 496. The standard InChI is InChI=1S/C19H30N2O2/c1-14(15-9-6-5-7-10-15)13-20-16-11-8-12-17(16)21-18(22)23-19(2,3)4/h5-7,9-10,14,16-17,20H,8,11-13H2,1-4H3,(H,21,22). The number of carbonyl (C=O) groups is 1. The van der Waals surface area contributed by atoms with Gasteiger partial charge in [-0.25, -0.2) is 4.79 Å². The van der Waals surface area contributed by atoms with Crippen LogP contribution in [-0.2, 0) is 4.74 Å². The molecule has 0 saturated heterocycles. The third kappa shape index (κ3) is 5.87. The highest BCUT2D eigenvalue weighted by Gasteiger charge is 2.30. The summed E-state index contributed by atoms with van der Waals surface area (Å²) in [5.74, 6) is 0.457. The zero-order chi connectivity index (χ0) is 16.9. The van der Waals surface area contributed by atoms with Crippen LogP contribution in [0.4, 0.5) is 4.79 Å². The lowest BCUT2D eigenvalue weighted by Gasteiger charge is -2.26. The van der Waals surface area contributed by atoms with E-state index < -0.39 is 5.60 Å². The molecule has 0 aliphatic heterocycles. The molecule has 0 heterocycles. The summed E-state index contributed by atoms with van der Waals surface area (Å²) in [6.45, 7) is 8.81. The molecule has 1 aromatic carbocycles. The molecule has 0 aromatic heterocycles. The van der Waals surface area contributed by atoms with E-state index in [0.29, 0.717) is 12.0 Å². The van der Waals surface area contributed by atoms with Crippen molar-refractivity contribution in [1.29, 1.82) is 0 Å². The minimum Gasteiger partial charge on any atom is -0.444 e. The number of amides is 1. The van der Waals surface area contributed by atoms with Gasteiger partial charge >= 0.3 is 6.09 Å². The first kappa shape index (κ1) is 17.8. The van der Waals surface area contributed by atoms with Gasteiger partial charge < -0.3 is 15.4 Å². The lowest BCUT2D eigenvalue weighted by Crippen LogP contribution is -2.48. The van der Waals surface area contributed by atoms with Crippen molar-refractivity contribution < 1.29 is 9.53 Å². The predicted octanol–water partition coefficient (Wildman–Crippen LogP) is 3.83. The molecule has 4 heteroatoms. The van der Waals surface area contributed by atoms with Gasteiger partial charge in [-0.3, -0.25) is 0 Å². The van der Waals surface area contributed by atoms with E-state index in [0.717, 1.165) is 25.8 Å². The Hall–Kier alpha value is -1.55. The SMILES string of the molecule is CC(CNC1CCCC1NC(=O)OC(C)(C)C)c1ccccc1. The first-order valence-corrected chi connectivity index (χ1v) is 8.63. The molecule has 1 amide bonds. The molecule has 23 heavy (non-hydrogen) atoms. The number of hydrogen-bond acceptors (Lipinski definition) is 3. The molecule has 3 unspecified atom stereocenters. The highest BCUT2D eigenvalue weighted by Crippen LogP contribution is 2.21. The minimum atomic E-state index is -0.451. The fraction of sp³-hybridized carbons (Fsp3) is 0.632. The second kappa shape index (κ2) is 7.82. The Kier molecular flexibility index (Phi) is 6.05. The smallest absolute Gasteiger partial charge is 0.407 e. The van der Waals surface area contributed by atoms with Gasteiger partial charge in [-0.05, 0) is 51.5 Å². The van der Waals surface area contributed by atoms with Crippen LogP contribution in [0.5, 0.6) is 0 Å². The zero-order valence-electron chi connectivity index (χ0n) is 14.8. The van der Waals surface area contributed by atoms with Crippen molar-refractivity contribution in [3.05, 3.63) is 35.9 Å².